The summed E-state index contributed by atoms with van der Waals surface area (Å²) in [5, 5.41) is 8.26. The summed E-state index contributed by atoms with van der Waals surface area (Å²) in [4.78, 5) is 0. The molecule has 1 fully saturated rings. The summed E-state index contributed by atoms with van der Waals surface area (Å²) in [6, 6.07) is 2.89. The van der Waals surface area contributed by atoms with Crippen LogP contribution in [0.25, 0.3) is 0 Å². The van der Waals surface area contributed by atoms with Crippen molar-refractivity contribution >= 4 is 0 Å². The van der Waals surface area contributed by atoms with Crippen LogP contribution in [0.15, 0.2) is 12.3 Å². The molecule has 1 aromatic heterocycles. The number of nitrogens with zero attached hydrogens (tertiary/aromatic N) is 2. The van der Waals surface area contributed by atoms with Crippen molar-refractivity contribution in [3.8, 4) is 0 Å². The number of hydrogen-bond acceptors (Lipinski definition) is 2. The summed E-state index contributed by atoms with van der Waals surface area (Å²) in [7, 11) is 2.01. The third-order valence-electron chi connectivity index (χ3n) is 3.76. The zero-order valence-corrected chi connectivity index (χ0v) is 11.2. The molecular formula is C14H25N3. The minimum atomic E-state index is 0.660. The second-order valence-electron chi connectivity index (χ2n) is 5.28. The average molecular weight is 235 g/mol. The molecule has 0 amide bonds. The van der Waals surface area contributed by atoms with Gasteiger partial charge >= 0.3 is 0 Å². The van der Waals surface area contributed by atoms with Crippen LogP contribution in [0.4, 0.5) is 0 Å². The number of rotatable bonds is 4. The molecule has 1 saturated carbocycles. The standard InChI is InChI=1S/C14H25N3/c1-3-9-15-13-7-5-4-6-12(11-13)14-8-10-17(2)16-14/h8,10,12-13,15H,3-7,9,11H2,1-2H3. The maximum atomic E-state index is 4.58. The predicted molar refractivity (Wildman–Crippen MR) is 71.1 cm³/mol. The van der Waals surface area contributed by atoms with Gasteiger partial charge in [0.15, 0.2) is 0 Å². The largest absolute Gasteiger partial charge is 0.314 e. The molecule has 0 saturated heterocycles. The maximum Gasteiger partial charge on any atom is 0.0655 e. The Bertz CT molecular complexity index is 332. The third kappa shape index (κ3) is 3.56. The molecule has 0 spiro atoms. The van der Waals surface area contributed by atoms with E-state index in [0.717, 1.165) is 6.54 Å². The molecule has 1 aliphatic rings. The lowest BCUT2D eigenvalue weighted by molar-refractivity contribution is 0.435. The minimum Gasteiger partial charge on any atom is -0.314 e. The molecule has 1 heterocycles. The van der Waals surface area contributed by atoms with Crippen LogP contribution in [-0.2, 0) is 7.05 Å². The van der Waals surface area contributed by atoms with Crippen LogP contribution in [0.3, 0.4) is 0 Å². The van der Waals surface area contributed by atoms with E-state index >= 15 is 0 Å². The van der Waals surface area contributed by atoms with Crippen molar-refractivity contribution in [2.45, 2.75) is 57.4 Å². The Hall–Kier alpha value is -0.830. The van der Waals surface area contributed by atoms with Gasteiger partial charge in [-0.2, -0.15) is 5.10 Å². The summed E-state index contributed by atoms with van der Waals surface area (Å²) in [6.07, 6.45) is 9.91. The van der Waals surface area contributed by atoms with Crippen LogP contribution in [0, 0.1) is 0 Å². The van der Waals surface area contributed by atoms with Crippen LogP contribution < -0.4 is 5.32 Å². The maximum absolute atomic E-state index is 4.58. The van der Waals surface area contributed by atoms with Gasteiger partial charge in [-0.25, -0.2) is 0 Å². The topological polar surface area (TPSA) is 29.9 Å². The van der Waals surface area contributed by atoms with Crippen molar-refractivity contribution in [2.24, 2.45) is 7.05 Å². The molecule has 0 aliphatic heterocycles. The molecule has 96 valence electrons. The van der Waals surface area contributed by atoms with Crippen molar-refractivity contribution in [1.29, 1.82) is 0 Å². The van der Waals surface area contributed by atoms with Crippen LogP contribution in [0.2, 0.25) is 0 Å². The minimum absolute atomic E-state index is 0.660. The zero-order valence-electron chi connectivity index (χ0n) is 11.2. The van der Waals surface area contributed by atoms with E-state index in [1.54, 1.807) is 0 Å². The molecular weight excluding hydrogens is 210 g/mol. The van der Waals surface area contributed by atoms with E-state index in [1.807, 2.05) is 11.7 Å². The highest BCUT2D eigenvalue weighted by molar-refractivity contribution is 5.07. The first-order chi connectivity index (χ1) is 8.29. The lowest BCUT2D eigenvalue weighted by atomic mass is 9.95. The third-order valence-corrected chi connectivity index (χ3v) is 3.76. The highest BCUT2D eigenvalue weighted by Crippen LogP contribution is 2.30. The van der Waals surface area contributed by atoms with Crippen molar-refractivity contribution in [2.75, 3.05) is 6.54 Å². The van der Waals surface area contributed by atoms with Gasteiger partial charge in [0.1, 0.15) is 0 Å². The highest BCUT2D eigenvalue weighted by Gasteiger charge is 2.22. The summed E-state index contributed by atoms with van der Waals surface area (Å²) in [5.41, 5.74) is 1.29. The Balaban J connectivity index is 1.96. The fraction of sp³-hybridized carbons (Fsp3) is 0.786. The van der Waals surface area contributed by atoms with Crippen LogP contribution in [0.1, 0.15) is 57.1 Å². The van der Waals surface area contributed by atoms with Crippen molar-refractivity contribution < 1.29 is 0 Å². The first-order valence-corrected chi connectivity index (χ1v) is 7.02. The monoisotopic (exact) mass is 235 g/mol. The van der Waals surface area contributed by atoms with Gasteiger partial charge in [-0.15, -0.1) is 0 Å². The van der Waals surface area contributed by atoms with Crippen LogP contribution >= 0.6 is 0 Å². The second-order valence-corrected chi connectivity index (χ2v) is 5.28. The molecule has 17 heavy (non-hydrogen) atoms. The molecule has 3 heteroatoms. The van der Waals surface area contributed by atoms with E-state index in [1.165, 1.54) is 44.2 Å². The molecule has 1 N–H and O–H groups in total. The summed E-state index contributed by atoms with van der Waals surface area (Å²) in [5.74, 6) is 0.660. The zero-order chi connectivity index (χ0) is 12.1. The Labute approximate surface area is 105 Å². The fourth-order valence-electron chi connectivity index (χ4n) is 2.81. The Morgan fingerprint density at radius 3 is 2.94 bits per heavy atom. The van der Waals surface area contributed by atoms with Crippen molar-refractivity contribution in [1.82, 2.24) is 15.1 Å². The van der Waals surface area contributed by atoms with E-state index in [2.05, 4.69) is 29.6 Å². The summed E-state index contributed by atoms with van der Waals surface area (Å²) < 4.78 is 1.93. The van der Waals surface area contributed by atoms with Crippen molar-refractivity contribution in [3.63, 3.8) is 0 Å². The SMILES string of the molecule is CCCNC1CCCCC(c2ccn(C)n2)C1. The Kier molecular flexibility index (Phi) is 4.60. The average Bonchev–Trinajstić information content (AvgIpc) is 2.63. The van der Waals surface area contributed by atoms with Gasteiger partial charge in [0.05, 0.1) is 5.69 Å². The highest BCUT2D eigenvalue weighted by atomic mass is 15.2. The number of hydrogen-bond donors (Lipinski definition) is 1. The fourth-order valence-corrected chi connectivity index (χ4v) is 2.81. The van der Waals surface area contributed by atoms with Gasteiger partial charge in [-0.1, -0.05) is 19.8 Å². The molecule has 0 aromatic carbocycles. The van der Waals surface area contributed by atoms with Gasteiger partial charge < -0.3 is 5.32 Å². The van der Waals surface area contributed by atoms with Gasteiger partial charge in [0.25, 0.3) is 0 Å². The van der Waals surface area contributed by atoms with E-state index < -0.39 is 0 Å². The predicted octanol–water partition coefficient (Wildman–Crippen LogP) is 2.84. The summed E-state index contributed by atoms with van der Waals surface area (Å²) in [6.45, 7) is 3.39. The van der Waals surface area contributed by atoms with E-state index in [-0.39, 0.29) is 0 Å². The van der Waals surface area contributed by atoms with E-state index in [4.69, 9.17) is 0 Å². The molecule has 2 rings (SSSR count). The lowest BCUT2D eigenvalue weighted by Gasteiger charge is -2.19. The Morgan fingerprint density at radius 2 is 2.24 bits per heavy atom. The summed E-state index contributed by atoms with van der Waals surface area (Å²) >= 11 is 0. The molecule has 0 bridgehead atoms. The number of aryl methyl sites for hydroxylation is 1. The number of aromatic nitrogens is 2. The molecule has 2 unspecified atom stereocenters. The molecule has 1 aromatic rings. The van der Waals surface area contributed by atoms with Crippen LogP contribution in [-0.4, -0.2) is 22.4 Å². The number of nitrogens with one attached hydrogen (secondary N) is 1. The first kappa shape index (κ1) is 12.6. The van der Waals surface area contributed by atoms with Crippen molar-refractivity contribution in [3.05, 3.63) is 18.0 Å². The van der Waals surface area contributed by atoms with Crippen LogP contribution in [0.5, 0.6) is 0 Å². The van der Waals surface area contributed by atoms with Gasteiger partial charge in [0, 0.05) is 25.2 Å². The Morgan fingerprint density at radius 1 is 1.41 bits per heavy atom. The quantitative estimate of drug-likeness (QED) is 0.813. The molecule has 3 nitrogen and oxygen atoms in total. The molecule has 0 radical (unpaired) electrons. The smallest absolute Gasteiger partial charge is 0.0655 e. The van der Waals surface area contributed by atoms with Gasteiger partial charge in [-0.05, 0) is 38.3 Å². The van der Waals surface area contributed by atoms with Gasteiger partial charge in [-0.3, -0.25) is 4.68 Å². The molecule has 2 atom stereocenters. The lowest BCUT2D eigenvalue weighted by Crippen LogP contribution is -2.30. The van der Waals surface area contributed by atoms with Gasteiger partial charge in [0.2, 0.25) is 0 Å². The second kappa shape index (κ2) is 6.20. The van der Waals surface area contributed by atoms with E-state index in [0.29, 0.717) is 12.0 Å². The molecule has 1 aliphatic carbocycles. The first-order valence-electron chi connectivity index (χ1n) is 7.02. The van der Waals surface area contributed by atoms with E-state index in [9.17, 15) is 0 Å². The normalized spacial score (nSPS) is 25.8.